The topological polar surface area (TPSA) is 67.4 Å². The van der Waals surface area contributed by atoms with E-state index in [0.717, 1.165) is 18.9 Å². The maximum Gasteiger partial charge on any atom is 0.411 e. The number of ether oxygens (including phenoxy) is 1. The third-order valence-electron chi connectivity index (χ3n) is 2.34. The SMILES string of the molecule is C=CC(=O)Nc1ccccc1NC(=O)OCCCC. The molecule has 0 aliphatic carbocycles. The van der Waals surface area contributed by atoms with Crippen LogP contribution < -0.4 is 10.6 Å². The van der Waals surface area contributed by atoms with E-state index in [-0.39, 0.29) is 5.91 Å². The first kappa shape index (κ1) is 14.8. The van der Waals surface area contributed by atoms with Gasteiger partial charge in [0.25, 0.3) is 0 Å². The number of carbonyl (C=O) groups excluding carboxylic acids is 2. The average molecular weight is 262 g/mol. The van der Waals surface area contributed by atoms with Gasteiger partial charge in [0, 0.05) is 0 Å². The number of anilines is 2. The minimum atomic E-state index is -0.534. The van der Waals surface area contributed by atoms with Crippen molar-refractivity contribution >= 4 is 23.4 Å². The van der Waals surface area contributed by atoms with E-state index in [0.29, 0.717) is 18.0 Å². The second-order valence-corrected chi connectivity index (χ2v) is 3.85. The summed E-state index contributed by atoms with van der Waals surface area (Å²) in [6.45, 7) is 5.77. The first-order valence-corrected chi connectivity index (χ1v) is 6.13. The summed E-state index contributed by atoms with van der Waals surface area (Å²) in [7, 11) is 0. The van der Waals surface area contributed by atoms with Crippen LogP contribution in [0.4, 0.5) is 16.2 Å². The van der Waals surface area contributed by atoms with Crippen molar-refractivity contribution in [3.05, 3.63) is 36.9 Å². The molecule has 0 unspecified atom stereocenters. The highest BCUT2D eigenvalue weighted by Crippen LogP contribution is 2.21. The fraction of sp³-hybridized carbons (Fsp3) is 0.286. The number of nitrogens with one attached hydrogen (secondary N) is 2. The molecule has 0 fully saturated rings. The van der Waals surface area contributed by atoms with Crippen molar-refractivity contribution in [2.75, 3.05) is 17.2 Å². The van der Waals surface area contributed by atoms with E-state index in [4.69, 9.17) is 4.74 Å². The van der Waals surface area contributed by atoms with Gasteiger partial charge in [0.2, 0.25) is 5.91 Å². The average Bonchev–Trinajstić information content (AvgIpc) is 2.41. The first-order chi connectivity index (χ1) is 9.17. The molecule has 0 saturated heterocycles. The van der Waals surface area contributed by atoms with E-state index >= 15 is 0 Å². The molecule has 0 radical (unpaired) electrons. The van der Waals surface area contributed by atoms with Crippen molar-refractivity contribution in [1.29, 1.82) is 0 Å². The van der Waals surface area contributed by atoms with Crippen molar-refractivity contribution in [1.82, 2.24) is 0 Å². The van der Waals surface area contributed by atoms with Gasteiger partial charge in [-0.1, -0.05) is 32.1 Å². The summed E-state index contributed by atoms with van der Waals surface area (Å²) in [5.74, 6) is -0.339. The summed E-state index contributed by atoms with van der Waals surface area (Å²) < 4.78 is 4.99. The maximum absolute atomic E-state index is 11.5. The minimum absolute atomic E-state index is 0.339. The van der Waals surface area contributed by atoms with Gasteiger partial charge in [-0.3, -0.25) is 10.1 Å². The zero-order chi connectivity index (χ0) is 14.1. The quantitative estimate of drug-likeness (QED) is 0.611. The van der Waals surface area contributed by atoms with Gasteiger partial charge >= 0.3 is 6.09 Å². The highest BCUT2D eigenvalue weighted by atomic mass is 16.5. The van der Waals surface area contributed by atoms with Crippen molar-refractivity contribution in [3.63, 3.8) is 0 Å². The second kappa shape index (κ2) is 7.92. The Morgan fingerprint density at radius 3 is 2.47 bits per heavy atom. The normalized spacial score (nSPS) is 9.53. The van der Waals surface area contributed by atoms with Crippen LogP contribution in [0.3, 0.4) is 0 Å². The summed E-state index contributed by atoms with van der Waals surface area (Å²) in [5.41, 5.74) is 0.985. The van der Waals surface area contributed by atoms with Crippen molar-refractivity contribution in [3.8, 4) is 0 Å². The predicted molar refractivity (Wildman–Crippen MR) is 75.1 cm³/mol. The van der Waals surface area contributed by atoms with Crippen molar-refractivity contribution < 1.29 is 14.3 Å². The molecule has 1 aromatic carbocycles. The number of para-hydroxylation sites is 2. The summed E-state index contributed by atoms with van der Waals surface area (Å²) in [5, 5.41) is 5.19. The smallest absolute Gasteiger partial charge is 0.411 e. The molecule has 2 amide bonds. The van der Waals surface area contributed by atoms with Crippen LogP contribution in [0.5, 0.6) is 0 Å². The monoisotopic (exact) mass is 262 g/mol. The number of hydrogen-bond acceptors (Lipinski definition) is 3. The Morgan fingerprint density at radius 2 is 1.89 bits per heavy atom. The molecule has 0 spiro atoms. The Balaban J connectivity index is 2.64. The van der Waals surface area contributed by atoms with Crippen LogP contribution in [0.25, 0.3) is 0 Å². The molecule has 0 aliphatic heterocycles. The van der Waals surface area contributed by atoms with Crippen LogP contribution in [0.1, 0.15) is 19.8 Å². The molecule has 1 aromatic rings. The highest BCUT2D eigenvalue weighted by molar-refractivity contribution is 6.02. The molecule has 5 heteroatoms. The predicted octanol–water partition coefficient (Wildman–Crippen LogP) is 3.16. The number of rotatable bonds is 6. The van der Waals surface area contributed by atoms with E-state index in [1.165, 1.54) is 0 Å². The molecular formula is C14H18N2O3. The van der Waals surface area contributed by atoms with Crippen LogP contribution >= 0.6 is 0 Å². The number of carbonyl (C=O) groups is 2. The Hall–Kier alpha value is -2.30. The lowest BCUT2D eigenvalue weighted by atomic mass is 10.2. The van der Waals surface area contributed by atoms with Gasteiger partial charge in [-0.05, 0) is 24.6 Å². The van der Waals surface area contributed by atoms with Gasteiger partial charge < -0.3 is 10.1 Å². The molecular weight excluding hydrogens is 244 g/mol. The van der Waals surface area contributed by atoms with Gasteiger partial charge in [0.15, 0.2) is 0 Å². The maximum atomic E-state index is 11.5. The number of benzene rings is 1. The van der Waals surface area contributed by atoms with E-state index in [2.05, 4.69) is 17.2 Å². The zero-order valence-electron chi connectivity index (χ0n) is 10.9. The lowest BCUT2D eigenvalue weighted by Crippen LogP contribution is -2.16. The van der Waals surface area contributed by atoms with Crippen LogP contribution in [-0.4, -0.2) is 18.6 Å². The van der Waals surface area contributed by atoms with E-state index < -0.39 is 6.09 Å². The van der Waals surface area contributed by atoms with Gasteiger partial charge in [0.05, 0.1) is 18.0 Å². The molecule has 0 heterocycles. The van der Waals surface area contributed by atoms with Crippen LogP contribution in [0, 0.1) is 0 Å². The number of amides is 2. The summed E-state index contributed by atoms with van der Waals surface area (Å²) in [4.78, 5) is 22.8. The Bertz CT molecular complexity index is 458. The summed E-state index contributed by atoms with van der Waals surface area (Å²) in [6, 6.07) is 6.88. The Kier molecular flexibility index (Phi) is 6.15. The molecule has 19 heavy (non-hydrogen) atoms. The first-order valence-electron chi connectivity index (χ1n) is 6.13. The third kappa shape index (κ3) is 5.25. The fourth-order valence-corrected chi connectivity index (χ4v) is 1.34. The Morgan fingerprint density at radius 1 is 1.26 bits per heavy atom. The van der Waals surface area contributed by atoms with Crippen LogP contribution in [0.2, 0.25) is 0 Å². The molecule has 5 nitrogen and oxygen atoms in total. The minimum Gasteiger partial charge on any atom is -0.449 e. The molecule has 0 saturated carbocycles. The fourth-order valence-electron chi connectivity index (χ4n) is 1.34. The zero-order valence-corrected chi connectivity index (χ0v) is 10.9. The molecule has 102 valence electrons. The standard InChI is InChI=1S/C14H18N2O3/c1-3-5-10-19-14(18)16-12-9-7-6-8-11(12)15-13(17)4-2/h4,6-9H,2-3,5,10H2,1H3,(H,15,17)(H,16,18). The molecule has 0 aliphatic rings. The van der Waals surface area contributed by atoms with Crippen molar-refractivity contribution in [2.24, 2.45) is 0 Å². The number of hydrogen-bond donors (Lipinski definition) is 2. The lowest BCUT2D eigenvalue weighted by molar-refractivity contribution is -0.111. The van der Waals surface area contributed by atoms with E-state index in [1.807, 2.05) is 6.92 Å². The molecule has 0 bridgehead atoms. The largest absolute Gasteiger partial charge is 0.449 e. The van der Waals surface area contributed by atoms with E-state index in [1.54, 1.807) is 24.3 Å². The van der Waals surface area contributed by atoms with Gasteiger partial charge in [-0.15, -0.1) is 0 Å². The lowest BCUT2D eigenvalue weighted by Gasteiger charge is -2.11. The third-order valence-corrected chi connectivity index (χ3v) is 2.34. The van der Waals surface area contributed by atoms with Gasteiger partial charge in [-0.2, -0.15) is 0 Å². The summed E-state index contributed by atoms with van der Waals surface area (Å²) in [6.07, 6.45) is 2.41. The highest BCUT2D eigenvalue weighted by Gasteiger charge is 2.08. The Labute approximate surface area is 112 Å². The number of unbranched alkanes of at least 4 members (excludes halogenated alkanes) is 1. The second-order valence-electron chi connectivity index (χ2n) is 3.85. The molecule has 0 atom stereocenters. The molecule has 1 rings (SSSR count). The van der Waals surface area contributed by atoms with Crippen LogP contribution in [-0.2, 0) is 9.53 Å². The molecule has 0 aromatic heterocycles. The van der Waals surface area contributed by atoms with Crippen molar-refractivity contribution in [2.45, 2.75) is 19.8 Å². The van der Waals surface area contributed by atoms with Crippen LogP contribution in [0.15, 0.2) is 36.9 Å². The molecule has 2 N–H and O–H groups in total. The van der Waals surface area contributed by atoms with Gasteiger partial charge in [-0.25, -0.2) is 4.79 Å². The summed E-state index contributed by atoms with van der Waals surface area (Å²) >= 11 is 0. The van der Waals surface area contributed by atoms with E-state index in [9.17, 15) is 9.59 Å². The van der Waals surface area contributed by atoms with Gasteiger partial charge in [0.1, 0.15) is 0 Å².